The molecule has 110 valence electrons. The van der Waals surface area contributed by atoms with Gasteiger partial charge in [-0.15, -0.1) is 0 Å². The van der Waals surface area contributed by atoms with Gasteiger partial charge in [-0.25, -0.2) is 4.79 Å². The van der Waals surface area contributed by atoms with Gasteiger partial charge in [-0.1, -0.05) is 19.8 Å². The zero-order valence-electron chi connectivity index (χ0n) is 11.7. The Kier molecular flexibility index (Phi) is 6.62. The number of carbonyl (C=O) groups excluding carboxylic acids is 1. The van der Waals surface area contributed by atoms with E-state index in [0.717, 1.165) is 18.8 Å². The van der Waals surface area contributed by atoms with Crippen molar-refractivity contribution in [1.82, 2.24) is 10.2 Å². The number of rotatable bonds is 9. The van der Waals surface area contributed by atoms with Gasteiger partial charge in [0.1, 0.15) is 6.54 Å². The van der Waals surface area contributed by atoms with Crippen LogP contribution in [0.1, 0.15) is 32.6 Å². The van der Waals surface area contributed by atoms with Crippen molar-refractivity contribution in [3.63, 3.8) is 0 Å². The van der Waals surface area contributed by atoms with E-state index in [1.165, 1.54) is 24.9 Å². The molecule has 6 heteroatoms. The summed E-state index contributed by atoms with van der Waals surface area (Å²) in [6.45, 7) is 2.35. The number of hydrogen-bond acceptors (Lipinski definition) is 3. The first-order valence-corrected chi connectivity index (χ1v) is 6.83. The van der Waals surface area contributed by atoms with E-state index in [9.17, 15) is 9.59 Å². The van der Waals surface area contributed by atoms with E-state index in [1.807, 2.05) is 6.92 Å². The molecular formula is C13H24N2O4. The predicted molar refractivity (Wildman–Crippen MR) is 71.0 cm³/mol. The van der Waals surface area contributed by atoms with Gasteiger partial charge in [-0.3, -0.25) is 4.79 Å². The first-order valence-electron chi connectivity index (χ1n) is 6.83. The molecule has 2 N–H and O–H groups in total. The first kappa shape index (κ1) is 15.8. The van der Waals surface area contributed by atoms with Gasteiger partial charge in [-0.2, -0.15) is 0 Å². The fourth-order valence-electron chi connectivity index (χ4n) is 1.97. The summed E-state index contributed by atoms with van der Waals surface area (Å²) in [7, 11) is 1.53. The van der Waals surface area contributed by atoms with E-state index in [-0.39, 0.29) is 25.2 Å². The third-order valence-electron chi connectivity index (χ3n) is 3.31. The van der Waals surface area contributed by atoms with E-state index in [0.29, 0.717) is 6.61 Å². The van der Waals surface area contributed by atoms with Crippen molar-refractivity contribution >= 4 is 12.0 Å². The van der Waals surface area contributed by atoms with Crippen LogP contribution in [0.15, 0.2) is 0 Å². The molecule has 1 atom stereocenters. The maximum atomic E-state index is 12.1. The fraction of sp³-hybridized carbons (Fsp3) is 0.846. The minimum atomic E-state index is -1.01. The molecule has 0 aromatic carbocycles. The van der Waals surface area contributed by atoms with Gasteiger partial charge < -0.3 is 20.1 Å². The largest absolute Gasteiger partial charge is 0.480 e. The van der Waals surface area contributed by atoms with Crippen LogP contribution in [0.4, 0.5) is 4.79 Å². The molecule has 6 nitrogen and oxygen atoms in total. The molecule has 0 aromatic heterocycles. The number of hydrogen-bond donors (Lipinski definition) is 2. The van der Waals surface area contributed by atoms with Gasteiger partial charge in [0.15, 0.2) is 0 Å². The topological polar surface area (TPSA) is 78.9 Å². The molecule has 0 heterocycles. The molecule has 0 aliphatic heterocycles. The zero-order valence-corrected chi connectivity index (χ0v) is 11.7. The van der Waals surface area contributed by atoms with E-state index in [1.54, 1.807) is 0 Å². The Labute approximate surface area is 114 Å². The van der Waals surface area contributed by atoms with E-state index in [4.69, 9.17) is 9.84 Å². The lowest BCUT2D eigenvalue weighted by Gasteiger charge is -2.24. The summed E-state index contributed by atoms with van der Waals surface area (Å²) in [5, 5.41) is 11.7. The molecule has 0 saturated heterocycles. The van der Waals surface area contributed by atoms with Crippen molar-refractivity contribution in [1.29, 1.82) is 0 Å². The number of ether oxygens (including phenoxy) is 1. The Morgan fingerprint density at radius 2 is 2.16 bits per heavy atom. The monoisotopic (exact) mass is 272 g/mol. The summed E-state index contributed by atoms with van der Waals surface area (Å²) in [5.74, 6) is -0.279. The lowest BCUT2D eigenvalue weighted by Crippen LogP contribution is -2.47. The summed E-state index contributed by atoms with van der Waals surface area (Å²) >= 11 is 0. The van der Waals surface area contributed by atoms with Crippen LogP contribution in [0.5, 0.6) is 0 Å². The fourth-order valence-corrected chi connectivity index (χ4v) is 1.97. The minimum Gasteiger partial charge on any atom is -0.480 e. The highest BCUT2D eigenvalue weighted by molar-refractivity contribution is 5.80. The Balaban J connectivity index is 2.45. The highest BCUT2D eigenvalue weighted by Crippen LogP contribution is 2.34. The highest BCUT2D eigenvalue weighted by Gasteiger charge is 2.26. The van der Waals surface area contributed by atoms with Gasteiger partial charge in [-0.05, 0) is 18.8 Å². The van der Waals surface area contributed by atoms with Crippen LogP contribution < -0.4 is 5.32 Å². The third kappa shape index (κ3) is 6.42. The summed E-state index contributed by atoms with van der Waals surface area (Å²) in [4.78, 5) is 24.1. The van der Waals surface area contributed by atoms with Crippen LogP contribution in [0.3, 0.4) is 0 Å². The second kappa shape index (κ2) is 7.99. The number of amides is 2. The number of aliphatic carboxylic acids is 1. The molecule has 1 aliphatic rings. The molecule has 1 rings (SSSR count). The lowest BCUT2D eigenvalue weighted by molar-refractivity contribution is -0.137. The molecule has 0 aromatic rings. The number of methoxy groups -OCH3 is 1. The third-order valence-corrected chi connectivity index (χ3v) is 3.31. The zero-order chi connectivity index (χ0) is 14.3. The number of nitrogens with one attached hydrogen (secondary N) is 1. The summed E-state index contributed by atoms with van der Waals surface area (Å²) in [6.07, 6.45) is 4.35. The molecule has 0 radical (unpaired) electrons. The molecule has 2 amide bonds. The average Bonchev–Trinajstić information content (AvgIpc) is 3.16. The highest BCUT2D eigenvalue weighted by atomic mass is 16.5. The number of urea groups is 1. The molecular weight excluding hydrogens is 248 g/mol. The first-order chi connectivity index (χ1) is 9.06. The second-order valence-corrected chi connectivity index (χ2v) is 5.04. The van der Waals surface area contributed by atoms with Crippen molar-refractivity contribution in [2.24, 2.45) is 5.92 Å². The number of carboxylic acid groups (broad SMARTS) is 1. The standard InChI is InChI=1S/C13H24N2O4/c1-3-11(8-10-4-5-10)14-13(18)15(6-7-19-2)9-12(16)17/h10-11H,3-9H2,1-2H3,(H,14,18)(H,16,17). The van der Waals surface area contributed by atoms with Crippen molar-refractivity contribution in [2.75, 3.05) is 26.8 Å². The quantitative estimate of drug-likeness (QED) is 0.663. The van der Waals surface area contributed by atoms with Gasteiger partial charge in [0.25, 0.3) is 0 Å². The van der Waals surface area contributed by atoms with Crippen molar-refractivity contribution in [3.05, 3.63) is 0 Å². The van der Waals surface area contributed by atoms with Crippen LogP contribution in [0.2, 0.25) is 0 Å². The molecule has 19 heavy (non-hydrogen) atoms. The molecule has 1 unspecified atom stereocenters. The molecule has 1 fully saturated rings. The van der Waals surface area contributed by atoms with Gasteiger partial charge in [0, 0.05) is 19.7 Å². The summed E-state index contributed by atoms with van der Waals surface area (Å²) < 4.78 is 4.90. The van der Waals surface area contributed by atoms with Crippen LogP contribution in [0, 0.1) is 5.92 Å². The molecule has 1 saturated carbocycles. The van der Waals surface area contributed by atoms with Gasteiger partial charge in [0.05, 0.1) is 6.61 Å². The van der Waals surface area contributed by atoms with E-state index < -0.39 is 5.97 Å². The Morgan fingerprint density at radius 3 is 2.63 bits per heavy atom. The van der Waals surface area contributed by atoms with Crippen molar-refractivity contribution in [3.8, 4) is 0 Å². The summed E-state index contributed by atoms with van der Waals surface area (Å²) in [5.41, 5.74) is 0. The maximum absolute atomic E-state index is 12.1. The number of carbonyl (C=O) groups is 2. The smallest absolute Gasteiger partial charge is 0.323 e. The SMILES string of the molecule is CCC(CC1CC1)NC(=O)N(CCOC)CC(=O)O. The summed E-state index contributed by atoms with van der Waals surface area (Å²) in [6, 6.07) is -0.175. The molecule has 0 spiro atoms. The molecule has 0 bridgehead atoms. The van der Waals surface area contributed by atoms with Crippen molar-refractivity contribution in [2.45, 2.75) is 38.6 Å². The predicted octanol–water partition coefficient (Wildman–Crippen LogP) is 1.31. The lowest BCUT2D eigenvalue weighted by atomic mass is 10.1. The van der Waals surface area contributed by atoms with Gasteiger partial charge in [0.2, 0.25) is 0 Å². The van der Waals surface area contributed by atoms with Crippen LogP contribution in [-0.2, 0) is 9.53 Å². The Bertz CT molecular complexity index is 305. The minimum absolute atomic E-state index is 0.138. The van der Waals surface area contributed by atoms with Gasteiger partial charge >= 0.3 is 12.0 Å². The van der Waals surface area contributed by atoms with Crippen LogP contribution in [-0.4, -0.2) is 54.9 Å². The Hall–Kier alpha value is -1.30. The Morgan fingerprint density at radius 1 is 1.47 bits per heavy atom. The van der Waals surface area contributed by atoms with E-state index in [2.05, 4.69) is 5.32 Å². The van der Waals surface area contributed by atoms with Crippen molar-refractivity contribution < 1.29 is 19.4 Å². The number of carboxylic acids is 1. The maximum Gasteiger partial charge on any atom is 0.323 e. The number of nitrogens with zero attached hydrogens (tertiary/aromatic N) is 1. The normalized spacial score (nSPS) is 15.9. The second-order valence-electron chi connectivity index (χ2n) is 5.04. The average molecular weight is 272 g/mol. The molecule has 1 aliphatic carbocycles. The van der Waals surface area contributed by atoms with Crippen LogP contribution >= 0.6 is 0 Å². The van der Waals surface area contributed by atoms with Crippen LogP contribution in [0.25, 0.3) is 0 Å². The van der Waals surface area contributed by atoms with E-state index >= 15 is 0 Å².